The highest BCUT2D eigenvalue weighted by Crippen LogP contribution is 2.36. The van der Waals surface area contributed by atoms with E-state index in [2.05, 4.69) is 9.71 Å². The number of nitrogens with one attached hydrogen (secondary N) is 1. The zero-order valence-electron chi connectivity index (χ0n) is 15.0. The van der Waals surface area contributed by atoms with Crippen LogP contribution in [0.2, 0.25) is 5.15 Å². The van der Waals surface area contributed by atoms with Gasteiger partial charge in [0.05, 0.1) is 11.2 Å². The Kier molecular flexibility index (Phi) is 4.81. The smallest absolute Gasteiger partial charge is 0.399 e. The number of rotatable bonds is 4. The van der Waals surface area contributed by atoms with Crippen LogP contribution in [0.15, 0.2) is 47.5 Å². The molecule has 1 aromatic carbocycles. The largest absolute Gasteiger partial charge is 0.496 e. The molecule has 3 rings (SSSR count). The van der Waals surface area contributed by atoms with Crippen LogP contribution in [-0.4, -0.2) is 31.7 Å². The molecule has 0 unspecified atom stereocenters. The number of aromatic nitrogens is 1. The second-order valence-corrected chi connectivity index (χ2v) is 9.13. The van der Waals surface area contributed by atoms with E-state index in [0.29, 0.717) is 11.2 Å². The monoisotopic (exact) mass is 394 g/mol. The first-order valence-electron chi connectivity index (χ1n) is 8.11. The quantitative estimate of drug-likeness (QED) is 0.637. The number of hydrogen-bond acceptors (Lipinski definition) is 5. The van der Waals surface area contributed by atoms with Gasteiger partial charge in [-0.1, -0.05) is 29.8 Å². The van der Waals surface area contributed by atoms with Crippen molar-refractivity contribution in [2.75, 3.05) is 4.72 Å². The number of hydrogen-bond donors (Lipinski definition) is 1. The van der Waals surface area contributed by atoms with E-state index >= 15 is 0 Å². The summed E-state index contributed by atoms with van der Waals surface area (Å²) in [4.78, 5) is 3.88. The number of anilines is 1. The third-order valence-electron chi connectivity index (χ3n) is 4.67. The Bertz CT molecular complexity index is 904. The maximum absolute atomic E-state index is 12.7. The van der Waals surface area contributed by atoms with Crippen molar-refractivity contribution in [1.82, 2.24) is 4.98 Å². The summed E-state index contributed by atoms with van der Waals surface area (Å²) < 4.78 is 39.9. The molecule has 1 aliphatic rings. The summed E-state index contributed by atoms with van der Waals surface area (Å²) in [5.41, 5.74) is -0.164. The number of sulfonamides is 1. The second-order valence-electron chi connectivity index (χ2n) is 7.12. The lowest BCUT2D eigenvalue weighted by atomic mass is 9.80. The topological polar surface area (TPSA) is 77.5 Å². The normalized spacial score (nSPS) is 18.7. The van der Waals surface area contributed by atoms with Crippen molar-refractivity contribution in [1.29, 1.82) is 0 Å². The van der Waals surface area contributed by atoms with Crippen LogP contribution in [0.3, 0.4) is 0 Å². The summed E-state index contributed by atoms with van der Waals surface area (Å²) in [5, 5.41) is -0.117. The van der Waals surface area contributed by atoms with Gasteiger partial charge in [0.25, 0.3) is 10.0 Å². The fraction of sp³-hybridized carbons (Fsp3) is 0.353. The molecule has 2 heterocycles. The highest BCUT2D eigenvalue weighted by atomic mass is 35.5. The van der Waals surface area contributed by atoms with E-state index in [0.717, 1.165) is 0 Å². The number of pyridine rings is 1. The maximum Gasteiger partial charge on any atom is 0.496 e. The molecule has 1 saturated heterocycles. The lowest BCUT2D eigenvalue weighted by Gasteiger charge is -2.32. The van der Waals surface area contributed by atoms with E-state index in [-0.39, 0.29) is 10.0 Å². The Hall–Kier alpha value is -1.61. The van der Waals surface area contributed by atoms with Gasteiger partial charge in [-0.25, -0.2) is 13.4 Å². The van der Waals surface area contributed by atoms with Crippen LogP contribution in [0, 0.1) is 0 Å². The molecule has 0 radical (unpaired) electrons. The van der Waals surface area contributed by atoms with Crippen LogP contribution < -0.4 is 10.2 Å². The molecule has 0 saturated carbocycles. The van der Waals surface area contributed by atoms with Gasteiger partial charge in [0.1, 0.15) is 10.0 Å². The third-order valence-corrected chi connectivity index (χ3v) is 6.48. The average Bonchev–Trinajstić information content (AvgIpc) is 2.76. The summed E-state index contributed by atoms with van der Waals surface area (Å²) >= 11 is 6.05. The minimum Gasteiger partial charge on any atom is -0.399 e. The van der Waals surface area contributed by atoms with Crippen molar-refractivity contribution in [2.24, 2.45) is 0 Å². The molecule has 1 fully saturated rings. The van der Waals surface area contributed by atoms with Gasteiger partial charge < -0.3 is 9.31 Å². The van der Waals surface area contributed by atoms with Gasteiger partial charge in [0.15, 0.2) is 0 Å². The number of nitrogens with zero attached hydrogens (tertiary/aromatic N) is 1. The van der Waals surface area contributed by atoms with Crippen LogP contribution in [0.25, 0.3) is 0 Å². The summed E-state index contributed by atoms with van der Waals surface area (Å²) in [6, 6.07) is 10.00. The SMILES string of the molecule is CC1(C)OB(c2cnc(Cl)c(S(=O)(=O)Nc3ccccc3)c2)OC1(C)C. The summed E-state index contributed by atoms with van der Waals surface area (Å²) in [7, 11) is -4.64. The zero-order chi connectivity index (χ0) is 19.2. The van der Waals surface area contributed by atoms with E-state index < -0.39 is 28.3 Å². The number of benzene rings is 1. The molecule has 1 aromatic heterocycles. The van der Waals surface area contributed by atoms with Crippen LogP contribution in [0.4, 0.5) is 5.69 Å². The fourth-order valence-electron chi connectivity index (χ4n) is 2.46. The minimum absolute atomic E-state index is 0.117. The Balaban J connectivity index is 1.94. The van der Waals surface area contributed by atoms with Gasteiger partial charge in [-0.05, 0) is 45.9 Å². The predicted octanol–water partition coefficient (Wildman–Crippen LogP) is 2.84. The van der Waals surface area contributed by atoms with Crippen LogP contribution >= 0.6 is 11.6 Å². The van der Waals surface area contributed by atoms with Crippen molar-refractivity contribution in [2.45, 2.75) is 43.8 Å². The van der Waals surface area contributed by atoms with Crippen molar-refractivity contribution in [3.8, 4) is 0 Å². The van der Waals surface area contributed by atoms with Gasteiger partial charge in [0, 0.05) is 17.3 Å². The molecule has 0 amide bonds. The highest BCUT2D eigenvalue weighted by molar-refractivity contribution is 7.92. The third kappa shape index (κ3) is 3.60. The Morgan fingerprint density at radius 2 is 1.65 bits per heavy atom. The molecule has 9 heteroatoms. The molecule has 0 aliphatic carbocycles. The van der Waals surface area contributed by atoms with Crippen LogP contribution in [0.1, 0.15) is 27.7 Å². The Morgan fingerprint density at radius 3 is 2.23 bits per heavy atom. The molecular formula is C17H20BClN2O4S. The van der Waals surface area contributed by atoms with Crippen molar-refractivity contribution >= 4 is 39.9 Å². The van der Waals surface area contributed by atoms with Gasteiger partial charge in [-0.2, -0.15) is 0 Å². The van der Waals surface area contributed by atoms with E-state index in [1.165, 1.54) is 12.3 Å². The summed E-state index contributed by atoms with van der Waals surface area (Å²) in [6.07, 6.45) is 1.46. The molecule has 138 valence electrons. The number of para-hydroxylation sites is 1. The van der Waals surface area contributed by atoms with Crippen LogP contribution in [-0.2, 0) is 19.3 Å². The first-order chi connectivity index (χ1) is 12.0. The Labute approximate surface area is 159 Å². The fourth-order valence-corrected chi connectivity index (χ4v) is 3.99. The van der Waals surface area contributed by atoms with E-state index in [1.54, 1.807) is 30.3 Å². The van der Waals surface area contributed by atoms with Gasteiger partial charge in [-0.3, -0.25) is 4.72 Å². The first kappa shape index (κ1) is 19.2. The number of halogens is 1. The average molecular weight is 395 g/mol. The predicted molar refractivity (Wildman–Crippen MR) is 102 cm³/mol. The Morgan fingerprint density at radius 1 is 1.08 bits per heavy atom. The second kappa shape index (κ2) is 6.53. The highest BCUT2D eigenvalue weighted by Gasteiger charge is 2.52. The summed E-state index contributed by atoms with van der Waals surface area (Å²) in [6.45, 7) is 7.69. The van der Waals surface area contributed by atoms with Gasteiger partial charge >= 0.3 is 7.12 Å². The lowest BCUT2D eigenvalue weighted by Crippen LogP contribution is -2.41. The van der Waals surface area contributed by atoms with Crippen molar-refractivity contribution in [3.63, 3.8) is 0 Å². The van der Waals surface area contributed by atoms with Crippen molar-refractivity contribution in [3.05, 3.63) is 47.7 Å². The van der Waals surface area contributed by atoms with E-state index in [1.807, 2.05) is 27.7 Å². The van der Waals surface area contributed by atoms with E-state index in [4.69, 9.17) is 20.9 Å². The van der Waals surface area contributed by atoms with Gasteiger partial charge in [-0.15, -0.1) is 0 Å². The molecule has 0 spiro atoms. The molecular weight excluding hydrogens is 375 g/mol. The minimum atomic E-state index is -3.91. The maximum atomic E-state index is 12.7. The van der Waals surface area contributed by atoms with Gasteiger partial charge in [0.2, 0.25) is 0 Å². The molecule has 0 atom stereocenters. The molecule has 26 heavy (non-hydrogen) atoms. The van der Waals surface area contributed by atoms with Crippen molar-refractivity contribution < 1.29 is 17.7 Å². The van der Waals surface area contributed by atoms with Crippen LogP contribution in [0.5, 0.6) is 0 Å². The standard InChI is InChI=1S/C17H20BClN2O4S/c1-16(2)17(3,4)25-18(24-16)12-10-14(15(19)20-11-12)26(22,23)21-13-8-6-5-7-9-13/h5-11,21H,1-4H3. The van der Waals surface area contributed by atoms with E-state index in [9.17, 15) is 8.42 Å². The first-order valence-corrected chi connectivity index (χ1v) is 9.97. The lowest BCUT2D eigenvalue weighted by molar-refractivity contribution is 0.00578. The molecule has 6 nitrogen and oxygen atoms in total. The molecule has 1 N–H and O–H groups in total. The molecule has 2 aromatic rings. The summed E-state index contributed by atoms with van der Waals surface area (Å²) in [5.74, 6) is 0. The zero-order valence-corrected chi connectivity index (χ0v) is 16.6. The molecule has 1 aliphatic heterocycles. The molecule has 0 bridgehead atoms.